The van der Waals surface area contributed by atoms with E-state index < -0.39 is 127 Å². The summed E-state index contributed by atoms with van der Waals surface area (Å²) in [6.07, 6.45) is -9.80. The highest BCUT2D eigenvalue weighted by atomic mass is 16.7. The van der Waals surface area contributed by atoms with Crippen LogP contribution in [0.2, 0.25) is 0 Å². The molecule has 0 radical (unpaired) electrons. The van der Waals surface area contributed by atoms with Gasteiger partial charge in [0.2, 0.25) is 0 Å². The average Bonchev–Trinajstić information content (AvgIpc) is 3.45. The fraction of sp³-hybridized carbons (Fsp3) is 0.881. The predicted molar refractivity (Wildman–Crippen MR) is 203 cm³/mol. The molecule has 15 heteroatoms. The first-order chi connectivity index (χ1) is 26.6. The summed E-state index contributed by atoms with van der Waals surface area (Å²) < 4.78 is 23.8. The Labute approximate surface area is 335 Å². The Morgan fingerprint density at radius 2 is 1.39 bits per heavy atom. The summed E-state index contributed by atoms with van der Waals surface area (Å²) in [7, 11) is 0. The van der Waals surface area contributed by atoms with Crippen molar-refractivity contribution in [3.8, 4) is 0 Å². The van der Waals surface area contributed by atoms with Gasteiger partial charge in [0, 0.05) is 16.7 Å². The molecule has 0 bridgehead atoms. The molecule has 0 spiro atoms. The third-order valence-corrected chi connectivity index (χ3v) is 15.9. The van der Waals surface area contributed by atoms with Crippen LogP contribution in [-0.4, -0.2) is 156 Å². The van der Waals surface area contributed by atoms with E-state index in [4.69, 9.17) is 18.9 Å². The van der Waals surface area contributed by atoms with Crippen molar-refractivity contribution in [3.05, 3.63) is 23.3 Å². The quantitative estimate of drug-likeness (QED) is 0.0979. The van der Waals surface area contributed by atoms with Crippen LogP contribution in [0, 0.1) is 45.3 Å². The number of carbonyl (C=O) groups is 1. The van der Waals surface area contributed by atoms with Crippen molar-refractivity contribution in [1.82, 2.24) is 0 Å². The van der Waals surface area contributed by atoms with E-state index in [1.807, 2.05) is 40.7 Å². The molecule has 2 saturated heterocycles. The molecule has 6 rings (SSSR count). The van der Waals surface area contributed by atoms with Crippen LogP contribution in [0.15, 0.2) is 23.3 Å². The SMILES string of the molecule is CC(C)=C[C@H](O[C@@H]1O[C@H](CO)[C@@H](O)[C@@H](O)[C@H]1O)[C@@H](O)[C@@H](C)[C@H]1CC[C@@]2(C)[C@@H]3[C@@H](O)C=C4[C@@H](CC[C@H](O[C@@H]5O[C@H](CO)[C@@H](O)[C@H](O)[C@H]5O)C4(C)C)[C@]3(C=O)CC[C@]12C. The zero-order valence-electron chi connectivity index (χ0n) is 34.3. The number of aliphatic hydroxyl groups excluding tert-OH is 10. The van der Waals surface area contributed by atoms with Gasteiger partial charge >= 0.3 is 0 Å². The minimum absolute atomic E-state index is 0.0645. The van der Waals surface area contributed by atoms with E-state index in [1.54, 1.807) is 6.08 Å². The third-order valence-electron chi connectivity index (χ3n) is 15.9. The second-order valence-corrected chi connectivity index (χ2v) is 19.4. The topological polar surface area (TPSA) is 256 Å². The second kappa shape index (κ2) is 16.5. The molecule has 4 aliphatic carbocycles. The van der Waals surface area contributed by atoms with Crippen LogP contribution in [0.5, 0.6) is 0 Å². The molecule has 2 aliphatic heterocycles. The van der Waals surface area contributed by atoms with E-state index in [9.17, 15) is 55.9 Å². The van der Waals surface area contributed by atoms with Gasteiger partial charge in [-0.25, -0.2) is 0 Å². The molecule has 3 saturated carbocycles. The molecule has 57 heavy (non-hydrogen) atoms. The third kappa shape index (κ3) is 7.22. The number of ether oxygens (including phenoxy) is 4. The van der Waals surface area contributed by atoms with Crippen molar-refractivity contribution < 1.29 is 74.8 Å². The largest absolute Gasteiger partial charge is 0.394 e. The van der Waals surface area contributed by atoms with Crippen molar-refractivity contribution in [3.63, 3.8) is 0 Å². The molecule has 2 heterocycles. The summed E-state index contributed by atoms with van der Waals surface area (Å²) in [4.78, 5) is 13.7. The summed E-state index contributed by atoms with van der Waals surface area (Å²) in [6.45, 7) is 12.8. The van der Waals surface area contributed by atoms with Crippen molar-refractivity contribution >= 4 is 6.29 Å². The Bertz CT molecular complexity index is 1500. The zero-order valence-corrected chi connectivity index (χ0v) is 34.3. The molecule has 21 atom stereocenters. The number of hydrogen-bond donors (Lipinski definition) is 10. The van der Waals surface area contributed by atoms with Gasteiger partial charge in [-0.05, 0) is 81.0 Å². The Hall–Kier alpha value is -1.41. The van der Waals surface area contributed by atoms with E-state index in [0.717, 1.165) is 17.4 Å². The van der Waals surface area contributed by atoms with Gasteiger partial charge in [-0.2, -0.15) is 0 Å². The smallest absolute Gasteiger partial charge is 0.187 e. The molecule has 15 nitrogen and oxygen atoms in total. The number of aliphatic hydroxyl groups is 10. The fourth-order valence-corrected chi connectivity index (χ4v) is 12.5. The van der Waals surface area contributed by atoms with Gasteiger partial charge in [-0.15, -0.1) is 0 Å². The first-order valence-electron chi connectivity index (χ1n) is 20.8. The molecule has 5 fully saturated rings. The Morgan fingerprint density at radius 3 is 1.95 bits per heavy atom. The number of fused-ring (bicyclic) bond motifs is 5. The van der Waals surface area contributed by atoms with E-state index in [-0.39, 0.29) is 17.8 Å². The van der Waals surface area contributed by atoms with E-state index in [0.29, 0.717) is 38.5 Å². The zero-order chi connectivity index (χ0) is 42.2. The van der Waals surface area contributed by atoms with Crippen LogP contribution in [-0.2, 0) is 23.7 Å². The Kier molecular flexibility index (Phi) is 13.0. The molecule has 326 valence electrons. The number of allylic oxidation sites excluding steroid dienone is 1. The van der Waals surface area contributed by atoms with Gasteiger partial charge in [-0.1, -0.05) is 57.9 Å². The van der Waals surface area contributed by atoms with Crippen LogP contribution in [0.3, 0.4) is 0 Å². The standard InChI is InChI=1S/C42H68O15/c1-19(2)14-25(54-37-34(52)32(50)30(48)26(16-43)55-37)29(47)20(3)21-10-11-41(7)36-24(46)15-23-22(42(36,18-45)13-12-40(21,41)6)8-9-28(39(23,4)5)57-38-35(53)33(51)31(49)27(17-44)56-38/h14-15,18,20-22,24-38,43-44,46-53H,8-13,16-17H2,1-7H3/t20-,21+,22+,24-,25-,26+,27+,28-,29-,30+,31+,32+,33-,34+,35+,36-,37+,38-,40+,41-,42+/m0/s1. The molecule has 0 amide bonds. The van der Waals surface area contributed by atoms with E-state index in [2.05, 4.69) is 13.8 Å². The minimum Gasteiger partial charge on any atom is -0.394 e. The lowest BCUT2D eigenvalue weighted by Gasteiger charge is -2.66. The van der Waals surface area contributed by atoms with Gasteiger partial charge in [-0.3, -0.25) is 0 Å². The maximum atomic E-state index is 13.7. The molecule has 0 aromatic rings. The predicted octanol–water partition coefficient (Wildman–Crippen LogP) is 0.0748. The number of carbonyl (C=O) groups excluding carboxylic acids is 1. The summed E-state index contributed by atoms with van der Waals surface area (Å²) >= 11 is 0. The van der Waals surface area contributed by atoms with Crippen LogP contribution in [0.4, 0.5) is 0 Å². The Morgan fingerprint density at radius 1 is 0.807 bits per heavy atom. The van der Waals surface area contributed by atoms with Crippen molar-refractivity contribution in [1.29, 1.82) is 0 Å². The van der Waals surface area contributed by atoms with Crippen LogP contribution in [0.1, 0.15) is 87.0 Å². The maximum Gasteiger partial charge on any atom is 0.187 e. The molecular weight excluding hydrogens is 744 g/mol. The lowest BCUT2D eigenvalue weighted by atomic mass is 9.38. The van der Waals surface area contributed by atoms with Crippen LogP contribution in [0.25, 0.3) is 0 Å². The van der Waals surface area contributed by atoms with E-state index in [1.165, 1.54) is 0 Å². The molecule has 6 aliphatic rings. The highest BCUT2D eigenvalue weighted by Gasteiger charge is 2.71. The number of hydrogen-bond acceptors (Lipinski definition) is 15. The van der Waals surface area contributed by atoms with Crippen molar-refractivity contribution in [2.45, 2.75) is 173 Å². The highest BCUT2D eigenvalue weighted by Crippen LogP contribution is 2.74. The first kappa shape index (κ1) is 45.1. The van der Waals surface area contributed by atoms with Gasteiger partial charge in [0.05, 0.1) is 31.5 Å². The number of aldehydes is 1. The molecular formula is C42H68O15. The maximum absolute atomic E-state index is 13.7. The lowest BCUT2D eigenvalue weighted by Crippen LogP contribution is -2.65. The normalized spacial score (nSPS) is 49.7. The summed E-state index contributed by atoms with van der Waals surface area (Å²) in [5.41, 5.74) is -0.853. The monoisotopic (exact) mass is 812 g/mol. The second-order valence-electron chi connectivity index (χ2n) is 19.4. The summed E-state index contributed by atoms with van der Waals surface area (Å²) in [5, 5.41) is 107. The molecule has 0 aromatic carbocycles. The van der Waals surface area contributed by atoms with Gasteiger partial charge < -0.3 is 74.8 Å². The molecule has 0 aromatic heterocycles. The van der Waals surface area contributed by atoms with Gasteiger partial charge in [0.1, 0.15) is 61.2 Å². The summed E-state index contributed by atoms with van der Waals surface area (Å²) in [5.74, 6) is -1.07. The first-order valence-corrected chi connectivity index (χ1v) is 20.8. The lowest BCUT2D eigenvalue weighted by molar-refractivity contribution is -0.320. The van der Waals surface area contributed by atoms with E-state index >= 15 is 0 Å². The van der Waals surface area contributed by atoms with Gasteiger partial charge in [0.25, 0.3) is 0 Å². The van der Waals surface area contributed by atoms with Crippen molar-refractivity contribution in [2.75, 3.05) is 13.2 Å². The fourth-order valence-electron chi connectivity index (χ4n) is 12.5. The van der Waals surface area contributed by atoms with Crippen molar-refractivity contribution in [2.24, 2.45) is 45.3 Å². The van der Waals surface area contributed by atoms with Gasteiger partial charge in [0.15, 0.2) is 12.6 Å². The van der Waals surface area contributed by atoms with Crippen LogP contribution < -0.4 is 0 Å². The minimum atomic E-state index is -1.63. The average molecular weight is 813 g/mol. The van der Waals surface area contributed by atoms with Crippen LogP contribution >= 0.6 is 0 Å². The number of rotatable bonds is 11. The summed E-state index contributed by atoms with van der Waals surface area (Å²) in [6, 6.07) is 0. The molecule has 0 unspecified atom stereocenters. The highest BCUT2D eigenvalue weighted by molar-refractivity contribution is 5.65. The molecule has 10 N–H and O–H groups in total. The Balaban J connectivity index is 1.25.